The minimum absolute atomic E-state index is 0.0692. The monoisotopic (exact) mass is 519 g/mol. The van der Waals surface area contributed by atoms with Crippen molar-refractivity contribution in [1.29, 1.82) is 0 Å². The van der Waals surface area contributed by atoms with E-state index in [9.17, 15) is 18.0 Å². The van der Waals surface area contributed by atoms with Gasteiger partial charge in [0.05, 0.1) is 0 Å². The van der Waals surface area contributed by atoms with E-state index in [1.807, 2.05) is 6.08 Å². The highest BCUT2D eigenvalue weighted by Gasteiger charge is 2.53. The molecule has 1 aliphatic heterocycles. The minimum atomic E-state index is -4.94. The smallest absolute Gasteiger partial charge is 0.261 e. The third kappa shape index (κ3) is 3.97. The zero-order valence-corrected chi connectivity index (χ0v) is 23.8. The van der Waals surface area contributed by atoms with E-state index < -0.39 is 22.8 Å². The maximum Gasteiger partial charge on any atom is 0.474 e. The Labute approximate surface area is 216 Å². The van der Waals surface area contributed by atoms with Crippen molar-refractivity contribution in [1.82, 2.24) is 0 Å². The van der Waals surface area contributed by atoms with Gasteiger partial charge in [-0.1, -0.05) is 61.5 Å². The van der Waals surface area contributed by atoms with Gasteiger partial charge in [-0.3, -0.25) is 4.79 Å². The Kier molecular flexibility index (Phi) is 6.59. The molecule has 0 N–H and O–H groups in total. The van der Waals surface area contributed by atoms with Crippen LogP contribution in [0, 0.1) is 0 Å². The first-order valence-corrected chi connectivity index (χ1v) is 14.6. The number of amides is 1. The second-order valence-electron chi connectivity index (χ2n) is 12.3. The molecule has 4 rings (SSSR count). The third-order valence-corrected chi connectivity index (χ3v) is 10.7. The van der Waals surface area contributed by atoms with Crippen LogP contribution >= 0.6 is 0 Å². The lowest BCUT2D eigenvalue weighted by molar-refractivity contribution is -0.169. The molecule has 0 saturated heterocycles. The normalized spacial score (nSPS) is 24.6. The highest BCUT2D eigenvalue weighted by molar-refractivity contribution is 7.93. The van der Waals surface area contributed by atoms with Crippen molar-refractivity contribution in [2.75, 3.05) is 0 Å². The fourth-order valence-electron chi connectivity index (χ4n) is 7.73. The quantitative estimate of drug-likeness (QED) is 0.382. The molecule has 198 valence electrons. The van der Waals surface area contributed by atoms with Crippen LogP contribution in [0.5, 0.6) is 0 Å². The molecule has 1 heterocycles. The molecule has 0 radical (unpaired) electrons. The summed E-state index contributed by atoms with van der Waals surface area (Å²) in [6.45, 7) is 18.4. The molecule has 0 spiro atoms. The Bertz CT molecular complexity index is 1140. The molecular formula is C30H40F3NOS. The summed E-state index contributed by atoms with van der Waals surface area (Å²) in [7, 11) is -1.21. The molecule has 6 heteroatoms. The van der Waals surface area contributed by atoms with Gasteiger partial charge in [0.2, 0.25) is 0 Å². The molecular weight excluding hydrogens is 479 g/mol. The number of fused-ring (bicyclic) bond motifs is 2. The maximum absolute atomic E-state index is 12.9. The van der Waals surface area contributed by atoms with Crippen LogP contribution in [0.4, 0.5) is 13.2 Å². The number of carbonyl (C=O) groups excluding carboxylic acids is 1. The number of hydrogen-bond acceptors (Lipinski definition) is 1. The summed E-state index contributed by atoms with van der Waals surface area (Å²) < 4.78 is 42.3. The van der Waals surface area contributed by atoms with Crippen molar-refractivity contribution in [2.45, 2.75) is 122 Å². The van der Waals surface area contributed by atoms with Crippen LogP contribution in [0.3, 0.4) is 0 Å². The van der Waals surface area contributed by atoms with E-state index in [4.69, 9.17) is 0 Å². The zero-order valence-electron chi connectivity index (χ0n) is 22.9. The average molecular weight is 520 g/mol. The van der Waals surface area contributed by atoms with Crippen LogP contribution in [0.15, 0.2) is 27.3 Å². The first-order valence-electron chi connectivity index (χ1n) is 13.3. The van der Waals surface area contributed by atoms with E-state index in [0.29, 0.717) is 0 Å². The predicted molar refractivity (Wildman–Crippen MR) is 144 cm³/mol. The summed E-state index contributed by atoms with van der Waals surface area (Å²) in [6, 6.07) is 2.54. The zero-order chi connectivity index (χ0) is 26.9. The molecule has 1 aromatic rings. The molecule has 36 heavy (non-hydrogen) atoms. The topological polar surface area (TPSA) is 29.4 Å². The summed E-state index contributed by atoms with van der Waals surface area (Å²) in [6.07, 6.45) is 3.31. The molecule has 2 aliphatic carbocycles. The van der Waals surface area contributed by atoms with Crippen molar-refractivity contribution in [2.24, 2.45) is 4.36 Å². The number of rotatable bonds is 5. The fraction of sp³-hybridized carbons (Fsp3) is 0.633. The van der Waals surface area contributed by atoms with Gasteiger partial charge >= 0.3 is 12.1 Å². The van der Waals surface area contributed by atoms with Crippen molar-refractivity contribution < 1.29 is 18.0 Å². The highest BCUT2D eigenvalue weighted by atomic mass is 32.2. The van der Waals surface area contributed by atoms with E-state index >= 15 is 0 Å². The van der Waals surface area contributed by atoms with Crippen LogP contribution in [-0.4, -0.2) is 12.1 Å². The molecule has 2 nitrogen and oxygen atoms in total. The molecule has 0 bridgehead atoms. The highest BCUT2D eigenvalue weighted by Crippen LogP contribution is 2.62. The number of hydrogen-bond donors (Lipinski definition) is 0. The summed E-state index contributed by atoms with van der Waals surface area (Å²) >= 11 is 0. The van der Waals surface area contributed by atoms with Crippen LogP contribution in [0.2, 0.25) is 0 Å². The van der Waals surface area contributed by atoms with Gasteiger partial charge in [0.25, 0.3) is 0 Å². The average Bonchev–Trinajstić information content (AvgIpc) is 3.42. The van der Waals surface area contributed by atoms with Gasteiger partial charge in [0.15, 0.2) is 0 Å². The minimum Gasteiger partial charge on any atom is -0.261 e. The number of allylic oxidation sites excluding steroid dienone is 2. The summed E-state index contributed by atoms with van der Waals surface area (Å²) in [4.78, 5) is 11.6. The number of benzene rings is 1. The number of halogens is 3. The van der Waals surface area contributed by atoms with Gasteiger partial charge in [-0.15, -0.1) is 0 Å². The van der Waals surface area contributed by atoms with Crippen molar-refractivity contribution in [3.05, 3.63) is 50.8 Å². The summed E-state index contributed by atoms with van der Waals surface area (Å²) in [5.74, 6) is -2.01. The second kappa shape index (κ2) is 8.68. The van der Waals surface area contributed by atoms with Crippen LogP contribution in [-0.2, 0) is 37.1 Å². The van der Waals surface area contributed by atoms with Gasteiger partial charge in [-0.25, -0.2) is 0 Å². The Morgan fingerprint density at radius 3 is 1.72 bits per heavy atom. The van der Waals surface area contributed by atoms with E-state index in [-0.39, 0.29) is 21.7 Å². The molecule has 1 atom stereocenters. The first kappa shape index (κ1) is 27.3. The molecule has 1 amide bonds. The lowest BCUT2D eigenvalue weighted by Crippen LogP contribution is -2.25. The Morgan fingerprint density at radius 2 is 1.33 bits per heavy atom. The molecule has 0 saturated carbocycles. The van der Waals surface area contributed by atoms with Crippen molar-refractivity contribution >= 4 is 22.2 Å². The van der Waals surface area contributed by atoms with Gasteiger partial charge in [0.1, 0.15) is 0 Å². The summed E-state index contributed by atoms with van der Waals surface area (Å²) in [5, 5.41) is 3.45. The van der Waals surface area contributed by atoms with Crippen LogP contribution in [0.25, 0.3) is 5.57 Å². The number of carbonyl (C=O) groups is 1. The SMILES string of the molecule is CCC1(CC)CC(C)(C)c2c1cc1c(c2C2=CS(=NC(=O)C(F)(F)F)C=C2)C(C)(C)CC1(CC)CC. The van der Waals surface area contributed by atoms with E-state index in [1.54, 1.807) is 10.8 Å². The lowest BCUT2D eigenvalue weighted by atomic mass is 9.72. The Hall–Kier alpha value is -1.69. The molecule has 3 aliphatic rings. The third-order valence-electron chi connectivity index (χ3n) is 9.45. The lowest BCUT2D eigenvalue weighted by Gasteiger charge is -2.32. The standard InChI is InChI=1S/C30H40F3NOS/c1-9-28(10-2)17-26(5,6)23-20(28)15-21-24(27(7,8)18-29(21,11-3)12-4)22(23)19-13-14-36(16-19)34-25(35)30(31,32)33/h13-16H,9-12,17-18H2,1-8H3. The fourth-order valence-corrected chi connectivity index (χ4v) is 8.96. The molecule has 1 aromatic carbocycles. The molecule has 1 unspecified atom stereocenters. The number of nitrogens with zero attached hydrogens (tertiary/aromatic N) is 1. The van der Waals surface area contributed by atoms with Crippen molar-refractivity contribution in [3.63, 3.8) is 0 Å². The maximum atomic E-state index is 12.9. The van der Waals surface area contributed by atoms with Gasteiger partial charge < -0.3 is 0 Å². The largest absolute Gasteiger partial charge is 0.474 e. The predicted octanol–water partition coefficient (Wildman–Crippen LogP) is 8.92. The summed E-state index contributed by atoms with van der Waals surface area (Å²) in [5.41, 5.74) is 7.73. The van der Waals surface area contributed by atoms with Crippen molar-refractivity contribution in [3.8, 4) is 0 Å². The van der Waals surface area contributed by atoms with E-state index in [2.05, 4.69) is 65.8 Å². The van der Waals surface area contributed by atoms with Gasteiger partial charge in [-0.05, 0) is 121 Å². The van der Waals surface area contributed by atoms with Crippen LogP contribution < -0.4 is 0 Å². The second-order valence-corrected chi connectivity index (χ2v) is 13.7. The van der Waals surface area contributed by atoms with Crippen LogP contribution in [0.1, 0.15) is 122 Å². The van der Waals surface area contributed by atoms with Gasteiger partial charge in [-0.2, -0.15) is 17.5 Å². The van der Waals surface area contributed by atoms with E-state index in [1.165, 1.54) is 27.8 Å². The Morgan fingerprint density at radius 1 is 0.889 bits per heavy atom. The molecule has 0 fully saturated rings. The Balaban J connectivity index is 2.09. The molecule has 0 aromatic heterocycles. The first-order chi connectivity index (χ1) is 16.6. The number of alkyl halides is 3. The van der Waals surface area contributed by atoms with Gasteiger partial charge in [0, 0.05) is 0 Å². The van der Waals surface area contributed by atoms with E-state index in [0.717, 1.165) is 44.1 Å².